The molecule has 0 aliphatic rings. The number of nitrogens with zero attached hydrogens (tertiary/aromatic N) is 1. The van der Waals surface area contributed by atoms with Crippen LogP contribution >= 0.6 is 0 Å². The number of aromatic nitrogens is 2. The van der Waals surface area contributed by atoms with Crippen LogP contribution in [0.2, 0.25) is 0 Å². The van der Waals surface area contributed by atoms with Gasteiger partial charge >= 0.3 is 0 Å². The van der Waals surface area contributed by atoms with Gasteiger partial charge in [0.1, 0.15) is 5.82 Å². The second-order valence-corrected chi connectivity index (χ2v) is 3.77. The lowest BCUT2D eigenvalue weighted by Gasteiger charge is -2.05. The lowest BCUT2D eigenvalue weighted by Crippen LogP contribution is -2.13. The van der Waals surface area contributed by atoms with Crippen molar-refractivity contribution in [2.75, 3.05) is 5.32 Å². The molecule has 88 valence electrons. The summed E-state index contributed by atoms with van der Waals surface area (Å²) in [5.74, 6) is -0.782. The van der Waals surface area contributed by atoms with Crippen molar-refractivity contribution in [1.29, 1.82) is 0 Å². The first-order chi connectivity index (χ1) is 8.08. The van der Waals surface area contributed by atoms with Crippen LogP contribution in [0.4, 0.5) is 10.1 Å². The number of carbonyl (C=O) groups is 1. The SMILES string of the molecule is Cc1n[nH]c(C)c1NC(=O)c1cccc(F)c1. The molecule has 1 amide bonds. The molecule has 0 spiro atoms. The molecule has 0 aliphatic carbocycles. The largest absolute Gasteiger partial charge is 0.319 e. The van der Waals surface area contributed by atoms with Crippen LogP contribution in [0, 0.1) is 19.7 Å². The average molecular weight is 233 g/mol. The maximum atomic E-state index is 13.0. The Labute approximate surface area is 97.9 Å². The maximum absolute atomic E-state index is 13.0. The molecule has 2 rings (SSSR count). The highest BCUT2D eigenvalue weighted by Crippen LogP contribution is 2.17. The molecule has 5 heteroatoms. The van der Waals surface area contributed by atoms with E-state index in [4.69, 9.17) is 0 Å². The molecule has 1 heterocycles. The monoisotopic (exact) mass is 233 g/mol. The first-order valence-electron chi connectivity index (χ1n) is 5.16. The van der Waals surface area contributed by atoms with Gasteiger partial charge in [0.2, 0.25) is 0 Å². The van der Waals surface area contributed by atoms with E-state index in [2.05, 4.69) is 15.5 Å². The quantitative estimate of drug-likeness (QED) is 0.836. The van der Waals surface area contributed by atoms with Crippen molar-refractivity contribution in [1.82, 2.24) is 10.2 Å². The van der Waals surface area contributed by atoms with Crippen LogP contribution in [0.15, 0.2) is 24.3 Å². The van der Waals surface area contributed by atoms with Gasteiger partial charge in [-0.05, 0) is 32.0 Å². The minimum Gasteiger partial charge on any atom is -0.319 e. The third-order valence-corrected chi connectivity index (χ3v) is 2.45. The smallest absolute Gasteiger partial charge is 0.255 e. The average Bonchev–Trinajstić information content (AvgIpc) is 2.61. The first kappa shape index (κ1) is 11.3. The van der Waals surface area contributed by atoms with Gasteiger partial charge in [-0.1, -0.05) is 6.07 Å². The van der Waals surface area contributed by atoms with Gasteiger partial charge in [0.15, 0.2) is 0 Å². The summed E-state index contributed by atoms with van der Waals surface area (Å²) in [6.07, 6.45) is 0. The van der Waals surface area contributed by atoms with Crippen LogP contribution in [-0.4, -0.2) is 16.1 Å². The lowest BCUT2D eigenvalue weighted by molar-refractivity contribution is 0.102. The molecule has 0 saturated carbocycles. The van der Waals surface area contributed by atoms with Gasteiger partial charge in [-0.2, -0.15) is 5.10 Å². The molecule has 4 nitrogen and oxygen atoms in total. The zero-order chi connectivity index (χ0) is 12.4. The lowest BCUT2D eigenvalue weighted by atomic mass is 10.2. The van der Waals surface area contributed by atoms with Crippen molar-refractivity contribution in [3.63, 3.8) is 0 Å². The Morgan fingerprint density at radius 3 is 2.76 bits per heavy atom. The number of carbonyl (C=O) groups excluding carboxylic acids is 1. The van der Waals surface area contributed by atoms with Gasteiger partial charge in [-0.25, -0.2) is 4.39 Å². The zero-order valence-electron chi connectivity index (χ0n) is 9.54. The number of aryl methyl sites for hydroxylation is 2. The summed E-state index contributed by atoms with van der Waals surface area (Å²) >= 11 is 0. The van der Waals surface area contributed by atoms with Gasteiger partial charge < -0.3 is 5.32 Å². The second kappa shape index (κ2) is 4.37. The Bertz CT molecular complexity index is 543. The Hall–Kier alpha value is -2.17. The van der Waals surface area contributed by atoms with Crippen molar-refractivity contribution in [2.45, 2.75) is 13.8 Å². The number of hydrogen-bond acceptors (Lipinski definition) is 2. The summed E-state index contributed by atoms with van der Waals surface area (Å²) in [7, 11) is 0. The summed E-state index contributed by atoms with van der Waals surface area (Å²) in [6, 6.07) is 5.55. The van der Waals surface area contributed by atoms with E-state index in [0.717, 1.165) is 5.69 Å². The summed E-state index contributed by atoms with van der Waals surface area (Å²) < 4.78 is 13.0. The van der Waals surface area contributed by atoms with E-state index >= 15 is 0 Å². The Morgan fingerprint density at radius 1 is 1.41 bits per heavy atom. The highest BCUT2D eigenvalue weighted by molar-refractivity contribution is 6.04. The highest BCUT2D eigenvalue weighted by atomic mass is 19.1. The molecular formula is C12H12FN3O. The maximum Gasteiger partial charge on any atom is 0.255 e. The standard InChI is InChI=1S/C12H12FN3O/c1-7-11(8(2)16-15-7)14-12(17)9-4-3-5-10(13)6-9/h3-6H,1-2H3,(H,14,17)(H,15,16). The van der Waals surface area contributed by atoms with Crippen molar-refractivity contribution in [3.8, 4) is 0 Å². The van der Waals surface area contributed by atoms with E-state index in [1.165, 1.54) is 18.2 Å². The predicted octanol–water partition coefficient (Wildman–Crippen LogP) is 2.42. The van der Waals surface area contributed by atoms with Crippen molar-refractivity contribution in [2.24, 2.45) is 0 Å². The van der Waals surface area contributed by atoms with Crippen LogP contribution in [0.1, 0.15) is 21.7 Å². The molecule has 0 saturated heterocycles. The van der Waals surface area contributed by atoms with Gasteiger partial charge in [-0.15, -0.1) is 0 Å². The minimum absolute atomic E-state index is 0.282. The summed E-state index contributed by atoms with van der Waals surface area (Å²) in [5, 5.41) is 9.44. The zero-order valence-corrected chi connectivity index (χ0v) is 9.54. The number of halogens is 1. The van der Waals surface area contributed by atoms with E-state index in [0.29, 0.717) is 11.4 Å². The first-order valence-corrected chi connectivity index (χ1v) is 5.16. The van der Waals surface area contributed by atoms with E-state index in [1.807, 2.05) is 0 Å². The van der Waals surface area contributed by atoms with Gasteiger partial charge in [0.05, 0.1) is 17.1 Å². The minimum atomic E-state index is -0.432. The summed E-state index contributed by atoms with van der Waals surface area (Å²) in [5.41, 5.74) is 2.39. The molecule has 0 fully saturated rings. The number of anilines is 1. The number of hydrogen-bond donors (Lipinski definition) is 2. The third kappa shape index (κ3) is 2.33. The number of benzene rings is 1. The van der Waals surface area contributed by atoms with E-state index in [1.54, 1.807) is 19.9 Å². The number of rotatable bonds is 2. The van der Waals surface area contributed by atoms with Crippen LogP contribution in [0.5, 0.6) is 0 Å². The molecule has 2 N–H and O–H groups in total. The van der Waals surface area contributed by atoms with E-state index in [-0.39, 0.29) is 11.5 Å². The molecule has 1 aromatic carbocycles. The summed E-state index contributed by atoms with van der Waals surface area (Å²) in [4.78, 5) is 11.8. The van der Waals surface area contributed by atoms with Crippen molar-refractivity contribution >= 4 is 11.6 Å². The van der Waals surface area contributed by atoms with Crippen LogP contribution in [0.3, 0.4) is 0 Å². The topological polar surface area (TPSA) is 57.8 Å². The highest BCUT2D eigenvalue weighted by Gasteiger charge is 2.12. The Kier molecular flexibility index (Phi) is 2.91. The van der Waals surface area contributed by atoms with E-state index < -0.39 is 5.82 Å². The molecule has 0 unspecified atom stereocenters. The van der Waals surface area contributed by atoms with Crippen molar-refractivity contribution < 1.29 is 9.18 Å². The normalized spacial score (nSPS) is 10.3. The molecule has 17 heavy (non-hydrogen) atoms. The van der Waals surface area contributed by atoms with E-state index in [9.17, 15) is 9.18 Å². The van der Waals surface area contributed by atoms with Crippen molar-refractivity contribution in [3.05, 3.63) is 47.0 Å². The van der Waals surface area contributed by atoms with Crippen LogP contribution in [-0.2, 0) is 0 Å². The predicted molar refractivity (Wildman–Crippen MR) is 62.4 cm³/mol. The fourth-order valence-corrected chi connectivity index (χ4v) is 1.55. The Balaban J connectivity index is 2.23. The molecule has 0 bridgehead atoms. The van der Waals surface area contributed by atoms with Gasteiger partial charge in [0.25, 0.3) is 5.91 Å². The summed E-state index contributed by atoms with van der Waals surface area (Å²) in [6.45, 7) is 3.59. The van der Waals surface area contributed by atoms with Gasteiger partial charge in [0, 0.05) is 5.56 Å². The van der Waals surface area contributed by atoms with Gasteiger partial charge in [-0.3, -0.25) is 9.89 Å². The van der Waals surface area contributed by atoms with Crippen LogP contribution < -0.4 is 5.32 Å². The number of H-pyrrole nitrogens is 1. The Morgan fingerprint density at radius 2 is 2.18 bits per heavy atom. The number of nitrogens with one attached hydrogen (secondary N) is 2. The number of aromatic amines is 1. The third-order valence-electron chi connectivity index (χ3n) is 2.45. The van der Waals surface area contributed by atoms with Crippen LogP contribution in [0.25, 0.3) is 0 Å². The molecule has 2 aromatic rings. The fourth-order valence-electron chi connectivity index (χ4n) is 1.55. The number of amides is 1. The fraction of sp³-hybridized carbons (Fsp3) is 0.167. The molecule has 0 radical (unpaired) electrons. The molecule has 0 aliphatic heterocycles. The molecule has 0 atom stereocenters. The molecule has 1 aromatic heterocycles. The molecular weight excluding hydrogens is 221 g/mol. The second-order valence-electron chi connectivity index (χ2n) is 3.77.